The van der Waals surface area contributed by atoms with Crippen LogP contribution in [-0.2, 0) is 7.05 Å². The summed E-state index contributed by atoms with van der Waals surface area (Å²) < 4.78 is 7.06. The number of benzene rings is 1. The number of amides is 1. The zero-order valence-corrected chi connectivity index (χ0v) is 15.9. The number of thiazole rings is 1. The van der Waals surface area contributed by atoms with Crippen LogP contribution in [0.1, 0.15) is 16.1 Å². The largest absolute Gasteiger partial charge is 0.494 e. The molecule has 0 saturated carbocycles. The predicted molar refractivity (Wildman–Crippen MR) is 105 cm³/mol. The van der Waals surface area contributed by atoms with Crippen molar-refractivity contribution in [1.82, 2.24) is 19.7 Å². The highest BCUT2D eigenvalue weighted by Gasteiger charge is 2.15. The number of hydrogen-bond donors (Lipinski definition) is 1. The lowest BCUT2D eigenvalue weighted by Crippen LogP contribution is -2.14. The first kappa shape index (κ1) is 17.2. The maximum absolute atomic E-state index is 12.8. The number of carbonyl (C=O) groups excluding carboxylic acids is 1. The molecule has 3 heterocycles. The quantitative estimate of drug-likeness (QED) is 0.585. The minimum Gasteiger partial charge on any atom is -0.494 e. The number of hydrogen-bond acceptors (Lipinski definition) is 6. The zero-order chi connectivity index (χ0) is 19.0. The van der Waals surface area contributed by atoms with Crippen LogP contribution in [0.2, 0.25) is 0 Å². The lowest BCUT2D eigenvalue weighted by atomic mass is 10.1. The molecular formula is C19H17N5O2S. The summed E-state index contributed by atoms with van der Waals surface area (Å²) in [5, 5.41) is 10.3. The number of pyridine rings is 1. The van der Waals surface area contributed by atoms with E-state index in [0.717, 1.165) is 22.2 Å². The lowest BCUT2D eigenvalue weighted by molar-refractivity contribution is 0.102. The highest BCUT2D eigenvalue weighted by molar-refractivity contribution is 7.14. The van der Waals surface area contributed by atoms with Crippen LogP contribution in [0, 0.1) is 6.92 Å². The van der Waals surface area contributed by atoms with E-state index in [-0.39, 0.29) is 5.91 Å². The third kappa shape index (κ3) is 3.26. The highest BCUT2D eigenvalue weighted by Crippen LogP contribution is 2.27. The molecule has 1 N–H and O–H groups in total. The van der Waals surface area contributed by atoms with Crippen molar-refractivity contribution in [2.75, 3.05) is 12.4 Å². The molecule has 8 heteroatoms. The SMILES string of the molecule is COc1cccc2cc(C(=O)Nc3nc(-c4cnn(C)c4)cs3)c(C)nc12. The van der Waals surface area contributed by atoms with Crippen LogP contribution in [-0.4, -0.2) is 32.8 Å². The normalized spacial score (nSPS) is 10.9. The van der Waals surface area contributed by atoms with E-state index in [1.807, 2.05) is 49.8 Å². The summed E-state index contributed by atoms with van der Waals surface area (Å²) in [6.45, 7) is 1.81. The van der Waals surface area contributed by atoms with Gasteiger partial charge in [0, 0.05) is 29.6 Å². The van der Waals surface area contributed by atoms with Gasteiger partial charge in [-0.25, -0.2) is 9.97 Å². The third-order valence-electron chi connectivity index (χ3n) is 4.19. The lowest BCUT2D eigenvalue weighted by Gasteiger charge is -2.09. The molecule has 0 atom stereocenters. The molecule has 1 aromatic carbocycles. The van der Waals surface area contributed by atoms with E-state index in [1.54, 1.807) is 18.0 Å². The number of ether oxygens (including phenoxy) is 1. The van der Waals surface area contributed by atoms with Crippen molar-refractivity contribution in [3.05, 3.63) is 53.3 Å². The first-order valence-corrected chi connectivity index (χ1v) is 9.13. The van der Waals surface area contributed by atoms with Crippen molar-refractivity contribution in [2.45, 2.75) is 6.92 Å². The minimum atomic E-state index is -0.239. The number of nitrogens with zero attached hydrogens (tertiary/aromatic N) is 4. The summed E-state index contributed by atoms with van der Waals surface area (Å²) in [6, 6.07) is 7.46. The van der Waals surface area contributed by atoms with Gasteiger partial charge in [-0.05, 0) is 19.1 Å². The van der Waals surface area contributed by atoms with E-state index in [4.69, 9.17) is 4.74 Å². The molecule has 1 amide bonds. The van der Waals surface area contributed by atoms with Crippen molar-refractivity contribution in [2.24, 2.45) is 7.05 Å². The van der Waals surface area contributed by atoms with Crippen molar-refractivity contribution in [3.8, 4) is 17.0 Å². The van der Waals surface area contributed by atoms with Gasteiger partial charge in [0.25, 0.3) is 5.91 Å². The van der Waals surface area contributed by atoms with Crippen molar-refractivity contribution >= 4 is 33.3 Å². The van der Waals surface area contributed by atoms with Crippen LogP contribution in [0.3, 0.4) is 0 Å². The molecule has 0 spiro atoms. The van der Waals surface area contributed by atoms with Crippen LogP contribution in [0.15, 0.2) is 42.0 Å². The molecule has 27 heavy (non-hydrogen) atoms. The number of fused-ring (bicyclic) bond motifs is 1. The molecule has 0 aliphatic rings. The van der Waals surface area contributed by atoms with Gasteiger partial charge in [0.05, 0.1) is 30.3 Å². The van der Waals surface area contributed by atoms with Crippen LogP contribution >= 0.6 is 11.3 Å². The van der Waals surface area contributed by atoms with Gasteiger partial charge in [0.1, 0.15) is 11.3 Å². The second-order valence-electron chi connectivity index (χ2n) is 6.05. The first-order valence-electron chi connectivity index (χ1n) is 8.25. The standard InChI is InChI=1S/C19H17N5O2S/c1-11-14(7-12-5-4-6-16(26-3)17(12)21-11)18(25)23-19-22-15(10-27-19)13-8-20-24(2)9-13/h4-10H,1-3H3,(H,22,23,25). The van der Waals surface area contributed by atoms with Gasteiger partial charge in [-0.3, -0.25) is 14.8 Å². The number of aromatic nitrogens is 4. The highest BCUT2D eigenvalue weighted by atomic mass is 32.1. The second kappa shape index (κ2) is 6.81. The Kier molecular flexibility index (Phi) is 4.33. The molecule has 0 bridgehead atoms. The van der Waals surface area contributed by atoms with E-state index in [1.165, 1.54) is 11.3 Å². The average Bonchev–Trinajstić information content (AvgIpc) is 3.29. The molecule has 7 nitrogen and oxygen atoms in total. The van der Waals surface area contributed by atoms with E-state index in [9.17, 15) is 4.79 Å². The number of methoxy groups -OCH3 is 1. The summed E-state index contributed by atoms with van der Waals surface area (Å²) in [5.74, 6) is 0.445. The maximum atomic E-state index is 12.8. The summed E-state index contributed by atoms with van der Waals surface area (Å²) in [6.07, 6.45) is 3.62. The molecule has 4 aromatic rings. The zero-order valence-electron chi connectivity index (χ0n) is 15.1. The van der Waals surface area contributed by atoms with Gasteiger partial charge < -0.3 is 4.74 Å². The molecule has 0 aliphatic heterocycles. The van der Waals surface area contributed by atoms with E-state index < -0.39 is 0 Å². The van der Waals surface area contributed by atoms with Crippen LogP contribution < -0.4 is 10.1 Å². The Morgan fingerprint density at radius 3 is 2.89 bits per heavy atom. The van der Waals surface area contributed by atoms with Crippen LogP contribution in [0.4, 0.5) is 5.13 Å². The van der Waals surface area contributed by atoms with Crippen molar-refractivity contribution < 1.29 is 9.53 Å². The molecule has 0 saturated heterocycles. The molecule has 0 radical (unpaired) electrons. The van der Waals surface area contributed by atoms with Gasteiger partial charge in [0.15, 0.2) is 5.13 Å². The molecule has 0 fully saturated rings. The van der Waals surface area contributed by atoms with Gasteiger partial charge in [-0.2, -0.15) is 5.10 Å². The summed E-state index contributed by atoms with van der Waals surface area (Å²) >= 11 is 1.37. The number of anilines is 1. The van der Waals surface area contributed by atoms with E-state index >= 15 is 0 Å². The maximum Gasteiger partial charge on any atom is 0.259 e. The van der Waals surface area contributed by atoms with E-state index in [2.05, 4.69) is 20.4 Å². The monoisotopic (exact) mass is 379 g/mol. The second-order valence-corrected chi connectivity index (χ2v) is 6.91. The Morgan fingerprint density at radius 2 is 2.15 bits per heavy atom. The topological polar surface area (TPSA) is 81.9 Å². The molecule has 0 aliphatic carbocycles. The fourth-order valence-corrected chi connectivity index (χ4v) is 3.55. The predicted octanol–water partition coefficient (Wildman–Crippen LogP) is 3.66. The number of rotatable bonds is 4. The Labute approximate surface area is 159 Å². The molecule has 4 rings (SSSR count). The molecule has 136 valence electrons. The minimum absolute atomic E-state index is 0.239. The number of carbonyl (C=O) groups is 1. The Hall–Kier alpha value is -3.26. The molecule has 3 aromatic heterocycles. The fourth-order valence-electron chi connectivity index (χ4n) is 2.84. The summed E-state index contributed by atoms with van der Waals surface area (Å²) in [5.41, 5.74) is 3.57. The van der Waals surface area contributed by atoms with Gasteiger partial charge in [0.2, 0.25) is 0 Å². The number of para-hydroxylation sites is 1. The van der Waals surface area contributed by atoms with Gasteiger partial charge in [-0.1, -0.05) is 12.1 Å². The Bertz CT molecular complexity index is 1150. The smallest absolute Gasteiger partial charge is 0.259 e. The van der Waals surface area contributed by atoms with Crippen molar-refractivity contribution in [1.29, 1.82) is 0 Å². The summed E-state index contributed by atoms with van der Waals surface area (Å²) in [4.78, 5) is 21.8. The van der Waals surface area contributed by atoms with Crippen LogP contribution in [0.5, 0.6) is 5.75 Å². The van der Waals surface area contributed by atoms with Gasteiger partial charge in [-0.15, -0.1) is 11.3 Å². The van der Waals surface area contributed by atoms with Crippen LogP contribution in [0.25, 0.3) is 22.2 Å². The number of nitrogens with one attached hydrogen (secondary N) is 1. The fraction of sp³-hybridized carbons (Fsp3) is 0.158. The summed E-state index contributed by atoms with van der Waals surface area (Å²) in [7, 11) is 3.46. The van der Waals surface area contributed by atoms with Crippen molar-refractivity contribution in [3.63, 3.8) is 0 Å². The number of aryl methyl sites for hydroxylation is 2. The molecule has 0 unspecified atom stereocenters. The van der Waals surface area contributed by atoms with E-state index in [0.29, 0.717) is 22.1 Å². The van der Waals surface area contributed by atoms with Gasteiger partial charge >= 0.3 is 0 Å². The Morgan fingerprint density at radius 1 is 1.30 bits per heavy atom. The Balaban J connectivity index is 1.62. The third-order valence-corrected chi connectivity index (χ3v) is 4.95. The average molecular weight is 379 g/mol. The first-order chi connectivity index (χ1) is 13.0. The molecular weight excluding hydrogens is 362 g/mol.